The molecule has 0 unspecified atom stereocenters. The Kier molecular flexibility index (Phi) is 6.28. The highest BCUT2D eigenvalue weighted by Gasteiger charge is 2.43. The van der Waals surface area contributed by atoms with E-state index in [1.54, 1.807) is 0 Å². The van der Waals surface area contributed by atoms with Crippen LogP contribution in [0.4, 0.5) is 17.6 Å². The molecule has 1 fully saturated rings. The van der Waals surface area contributed by atoms with E-state index in [9.17, 15) is 30.8 Å². The van der Waals surface area contributed by atoms with Crippen LogP contribution in [0.3, 0.4) is 0 Å². The van der Waals surface area contributed by atoms with Crippen molar-refractivity contribution >= 4 is 26.8 Å². The van der Waals surface area contributed by atoms with Gasteiger partial charge < -0.3 is 4.42 Å². The highest BCUT2D eigenvalue weighted by Crippen LogP contribution is 2.32. The van der Waals surface area contributed by atoms with Gasteiger partial charge in [-0.05, 0) is 49.2 Å². The second kappa shape index (κ2) is 9.30. The lowest BCUT2D eigenvalue weighted by Crippen LogP contribution is -2.54. The molecule has 4 heterocycles. The second-order valence-electron chi connectivity index (χ2n) is 8.46. The van der Waals surface area contributed by atoms with E-state index in [4.69, 9.17) is 4.42 Å². The maximum absolute atomic E-state index is 13.5. The minimum atomic E-state index is -4.51. The second-order valence-corrected chi connectivity index (χ2v) is 10.3. The summed E-state index contributed by atoms with van der Waals surface area (Å²) in [6.45, 7) is 0.140. The third kappa shape index (κ3) is 4.96. The van der Waals surface area contributed by atoms with Crippen molar-refractivity contribution in [2.24, 2.45) is 0 Å². The number of aromatic nitrogens is 3. The molecule has 0 radical (unpaired) electrons. The minimum absolute atomic E-state index is 0.0150. The average molecular weight is 534 g/mol. The number of fused-ring (bicyclic) bond motifs is 1. The zero-order chi connectivity index (χ0) is 26.4. The quantitative estimate of drug-likeness (QED) is 0.324. The van der Waals surface area contributed by atoms with E-state index < -0.39 is 33.6 Å². The molecular weight excluding hydrogens is 516 g/mol. The van der Waals surface area contributed by atoms with Gasteiger partial charge in [-0.2, -0.15) is 17.5 Å². The van der Waals surface area contributed by atoms with Crippen LogP contribution >= 0.6 is 0 Å². The summed E-state index contributed by atoms with van der Waals surface area (Å²) in [5.41, 5.74) is 0.287. The Morgan fingerprint density at radius 2 is 1.86 bits per heavy atom. The maximum atomic E-state index is 13.5. The number of benzene rings is 1. The molecule has 13 heteroatoms. The first-order valence-electron chi connectivity index (χ1n) is 11.1. The number of ketones is 1. The molecule has 3 aromatic heterocycles. The SMILES string of the molecule is O=C(CCc1cc(-c2ccc(C(F)(F)F)cn2)ncn1)[C@@H]1CCN1S(=O)(=O)c1cc2cc(F)ccc2o1. The standard InChI is InChI=1S/C24H18F4N4O4S/c25-16-2-6-22-14(9-16)10-23(36-22)37(34,35)32-8-7-20(32)21(33)5-3-17-11-19(31-13-30-17)18-4-1-15(12-29-18)24(26,27)28/h1-2,4,6,9-13,20H,3,5,7-8H2/t20-/m0/s1. The van der Waals surface area contributed by atoms with Crippen LogP contribution in [0.1, 0.15) is 24.1 Å². The first-order chi connectivity index (χ1) is 17.5. The largest absolute Gasteiger partial charge is 0.443 e. The molecule has 4 aromatic rings. The number of sulfonamides is 1. The predicted molar refractivity (Wildman–Crippen MR) is 122 cm³/mol. The molecule has 1 aliphatic rings. The molecule has 1 saturated heterocycles. The molecular formula is C24H18F4N4O4S. The molecule has 5 rings (SSSR count). The number of hydrogen-bond acceptors (Lipinski definition) is 7. The number of pyridine rings is 1. The van der Waals surface area contributed by atoms with Crippen molar-refractivity contribution in [3.8, 4) is 11.4 Å². The Hall–Kier alpha value is -3.71. The normalized spacial score (nSPS) is 16.6. The van der Waals surface area contributed by atoms with Gasteiger partial charge in [0.2, 0.25) is 5.09 Å². The summed E-state index contributed by atoms with van der Waals surface area (Å²) in [5.74, 6) is -0.846. The van der Waals surface area contributed by atoms with E-state index >= 15 is 0 Å². The lowest BCUT2D eigenvalue weighted by Gasteiger charge is -2.37. The maximum Gasteiger partial charge on any atom is 0.417 e. The van der Waals surface area contributed by atoms with Crippen molar-refractivity contribution in [1.29, 1.82) is 0 Å². The number of alkyl halides is 3. The van der Waals surface area contributed by atoms with Crippen LogP contribution in [0, 0.1) is 5.82 Å². The monoisotopic (exact) mass is 534 g/mol. The summed E-state index contributed by atoms with van der Waals surface area (Å²) in [6.07, 6.45) is -2.07. The molecule has 1 aliphatic heterocycles. The topological polar surface area (TPSA) is 106 Å². The van der Waals surface area contributed by atoms with Gasteiger partial charge in [0.25, 0.3) is 10.0 Å². The summed E-state index contributed by atoms with van der Waals surface area (Å²) in [5, 5.41) is -0.0702. The number of furan rings is 1. The van der Waals surface area contributed by atoms with Crippen molar-refractivity contribution < 1.29 is 35.2 Å². The molecule has 8 nitrogen and oxygen atoms in total. The van der Waals surface area contributed by atoms with E-state index in [1.165, 1.54) is 30.6 Å². The molecule has 1 atom stereocenters. The van der Waals surface area contributed by atoms with Crippen LogP contribution in [0.2, 0.25) is 0 Å². The van der Waals surface area contributed by atoms with Crippen LogP contribution in [0.15, 0.2) is 64.5 Å². The van der Waals surface area contributed by atoms with E-state index in [2.05, 4.69) is 15.0 Å². The van der Waals surface area contributed by atoms with Crippen LogP contribution in [-0.2, 0) is 27.4 Å². The lowest BCUT2D eigenvalue weighted by molar-refractivity contribution is -0.137. The molecule has 0 amide bonds. The molecule has 0 N–H and O–H groups in total. The van der Waals surface area contributed by atoms with E-state index in [1.807, 2.05) is 0 Å². The van der Waals surface area contributed by atoms with Crippen molar-refractivity contribution in [3.05, 3.63) is 72.1 Å². The fourth-order valence-electron chi connectivity index (χ4n) is 4.01. The van der Waals surface area contributed by atoms with E-state index in [-0.39, 0.29) is 41.5 Å². The zero-order valence-corrected chi connectivity index (χ0v) is 19.8. The summed E-state index contributed by atoms with van der Waals surface area (Å²) in [7, 11) is -4.10. The fourth-order valence-corrected chi connectivity index (χ4v) is 5.62. The van der Waals surface area contributed by atoms with Gasteiger partial charge in [0.1, 0.15) is 17.7 Å². The smallest absolute Gasteiger partial charge is 0.417 e. The average Bonchev–Trinajstić information content (AvgIpc) is 3.26. The number of nitrogens with zero attached hydrogens (tertiary/aromatic N) is 4. The third-order valence-corrected chi connectivity index (χ3v) is 7.83. The van der Waals surface area contributed by atoms with Crippen LogP contribution in [0.25, 0.3) is 22.4 Å². The Morgan fingerprint density at radius 3 is 2.54 bits per heavy atom. The molecule has 0 saturated carbocycles. The van der Waals surface area contributed by atoms with Crippen molar-refractivity contribution in [2.45, 2.75) is 36.6 Å². The van der Waals surface area contributed by atoms with Gasteiger partial charge in [-0.3, -0.25) is 9.78 Å². The van der Waals surface area contributed by atoms with Gasteiger partial charge in [-0.15, -0.1) is 0 Å². The summed E-state index contributed by atoms with van der Waals surface area (Å²) < 4.78 is 84.3. The van der Waals surface area contributed by atoms with Gasteiger partial charge in [0.05, 0.1) is 23.0 Å². The van der Waals surface area contributed by atoms with Gasteiger partial charge in [0, 0.05) is 36.3 Å². The summed E-state index contributed by atoms with van der Waals surface area (Å²) in [6, 6.07) is 7.63. The van der Waals surface area contributed by atoms with Gasteiger partial charge in [-0.25, -0.2) is 22.8 Å². The first-order valence-corrected chi connectivity index (χ1v) is 12.5. The Morgan fingerprint density at radius 1 is 1.05 bits per heavy atom. The van der Waals surface area contributed by atoms with Crippen LogP contribution in [0.5, 0.6) is 0 Å². The number of aryl methyl sites for hydroxylation is 1. The predicted octanol–water partition coefficient (Wildman–Crippen LogP) is 4.41. The fraction of sp³-hybridized carbons (Fsp3) is 0.250. The highest BCUT2D eigenvalue weighted by molar-refractivity contribution is 7.89. The van der Waals surface area contributed by atoms with Crippen molar-refractivity contribution in [3.63, 3.8) is 0 Å². The lowest BCUT2D eigenvalue weighted by atomic mass is 9.98. The highest BCUT2D eigenvalue weighted by atomic mass is 32.2. The molecule has 0 bridgehead atoms. The molecule has 1 aromatic carbocycles. The first kappa shape index (κ1) is 25.0. The number of halogens is 4. The number of Topliss-reactive ketones (excluding diaryl/α,β-unsaturated/α-hetero) is 1. The van der Waals surface area contributed by atoms with Crippen molar-refractivity contribution in [1.82, 2.24) is 19.3 Å². The summed E-state index contributed by atoms with van der Waals surface area (Å²) in [4.78, 5) is 24.8. The van der Waals surface area contributed by atoms with Gasteiger partial charge in [-0.1, -0.05) is 0 Å². The van der Waals surface area contributed by atoms with Crippen LogP contribution < -0.4 is 0 Å². The minimum Gasteiger partial charge on any atom is -0.443 e. The van der Waals surface area contributed by atoms with Crippen molar-refractivity contribution in [2.75, 3.05) is 6.54 Å². The van der Waals surface area contributed by atoms with Crippen LogP contribution in [-0.4, -0.2) is 46.0 Å². The molecule has 37 heavy (non-hydrogen) atoms. The summed E-state index contributed by atoms with van der Waals surface area (Å²) >= 11 is 0. The number of rotatable bonds is 7. The Balaban J connectivity index is 1.25. The number of hydrogen-bond donors (Lipinski definition) is 0. The zero-order valence-electron chi connectivity index (χ0n) is 18.9. The van der Waals surface area contributed by atoms with E-state index in [0.29, 0.717) is 29.4 Å². The van der Waals surface area contributed by atoms with Gasteiger partial charge >= 0.3 is 6.18 Å². The Bertz CT molecular complexity index is 1590. The van der Waals surface area contributed by atoms with Gasteiger partial charge in [0.15, 0.2) is 5.78 Å². The molecule has 0 aliphatic carbocycles. The molecule has 0 spiro atoms. The number of carbonyl (C=O) groups is 1. The number of carbonyl (C=O) groups excluding carboxylic acids is 1. The molecule has 192 valence electrons. The third-order valence-electron chi connectivity index (χ3n) is 6.07. The van der Waals surface area contributed by atoms with E-state index in [0.717, 1.165) is 22.5 Å². The Labute approximate surface area is 208 Å².